The van der Waals surface area contributed by atoms with Crippen LogP contribution >= 0.6 is 15.9 Å². The van der Waals surface area contributed by atoms with Gasteiger partial charge in [-0.1, -0.05) is 15.9 Å². The van der Waals surface area contributed by atoms with Crippen LogP contribution in [0.15, 0.2) is 27.7 Å². The van der Waals surface area contributed by atoms with E-state index in [-0.39, 0.29) is 24.2 Å². The van der Waals surface area contributed by atoms with Gasteiger partial charge in [-0.05, 0) is 38.0 Å². The van der Waals surface area contributed by atoms with Gasteiger partial charge in [0, 0.05) is 10.0 Å². The minimum Gasteiger partial charge on any atom is -0.386 e. The molecule has 3 atom stereocenters. The van der Waals surface area contributed by atoms with Crippen LogP contribution in [0.5, 0.6) is 0 Å². The molecule has 2 aliphatic heterocycles. The molecule has 2 N–H and O–H groups in total. The Hall–Kier alpha value is -1.02. The lowest BCUT2D eigenvalue weighted by Crippen LogP contribution is -2.58. The van der Waals surface area contributed by atoms with Crippen molar-refractivity contribution in [3.8, 4) is 0 Å². The molecule has 1 saturated heterocycles. The number of nitrogens with zero attached hydrogens (tertiary/aromatic N) is 1. The molecule has 2 bridgehead atoms. The third kappa shape index (κ3) is 1.76. The molecule has 4 nitrogen and oxygen atoms in total. The zero-order chi connectivity index (χ0) is 16.3. The summed E-state index contributed by atoms with van der Waals surface area (Å²) in [5.74, 6) is -0.817. The van der Waals surface area contributed by atoms with Crippen LogP contribution in [0.25, 0.3) is 0 Å². The van der Waals surface area contributed by atoms with E-state index in [9.17, 15) is 17.2 Å². The highest BCUT2D eigenvalue weighted by Gasteiger charge is 2.65. The Kier molecular flexibility index (Phi) is 3.41. The standard InChI is InChI=1S/C14H15BrF2N2O2S/c1-13(9-6-8(15)2-3-10(9)17)11-4-5-14(7-16,12(18)19-13)22(11,20)21/h2-3,6,11H,4-5,7H2,1H3,(H2,18,19)/t11-,13+,14-/m0/s1. The smallest absolute Gasteiger partial charge is 0.171 e. The van der Waals surface area contributed by atoms with Crippen LogP contribution in [0.2, 0.25) is 0 Å². The molecule has 0 amide bonds. The monoisotopic (exact) mass is 392 g/mol. The number of sulfone groups is 1. The lowest BCUT2D eigenvalue weighted by molar-refractivity contribution is 0.414. The number of benzene rings is 1. The zero-order valence-electron chi connectivity index (χ0n) is 11.8. The molecular formula is C14H15BrF2N2O2S. The average Bonchev–Trinajstić information content (AvgIpc) is 2.65. The molecule has 0 aliphatic carbocycles. The lowest BCUT2D eigenvalue weighted by atomic mass is 9.87. The number of amidine groups is 1. The molecule has 0 aromatic heterocycles. The van der Waals surface area contributed by atoms with E-state index in [4.69, 9.17) is 5.73 Å². The van der Waals surface area contributed by atoms with Crippen LogP contribution < -0.4 is 5.73 Å². The minimum absolute atomic E-state index is 0.0804. The van der Waals surface area contributed by atoms with Gasteiger partial charge in [0.15, 0.2) is 14.6 Å². The van der Waals surface area contributed by atoms with E-state index in [1.165, 1.54) is 18.2 Å². The SMILES string of the molecule is C[C@]1(c2cc(Br)ccc2F)N=C(N)[C@@]2(CF)CC[C@@H]1S2(=O)=O. The number of aliphatic imine (C=N–C) groups is 1. The topological polar surface area (TPSA) is 72.5 Å². The van der Waals surface area contributed by atoms with Crippen molar-refractivity contribution < 1.29 is 17.2 Å². The lowest BCUT2D eigenvalue weighted by Gasteiger charge is -2.39. The van der Waals surface area contributed by atoms with E-state index in [1.54, 1.807) is 6.92 Å². The first-order chi connectivity index (χ1) is 10.2. The highest BCUT2D eigenvalue weighted by molar-refractivity contribution is 9.10. The summed E-state index contributed by atoms with van der Waals surface area (Å²) in [4.78, 5) is 4.26. The Labute approximate surface area is 135 Å². The first-order valence-electron chi connectivity index (χ1n) is 6.80. The van der Waals surface area contributed by atoms with Gasteiger partial charge in [0.1, 0.15) is 23.9 Å². The van der Waals surface area contributed by atoms with Crippen molar-refractivity contribution in [2.75, 3.05) is 6.67 Å². The van der Waals surface area contributed by atoms with Gasteiger partial charge in [-0.3, -0.25) is 4.99 Å². The fraction of sp³-hybridized carbons (Fsp3) is 0.500. The number of alkyl halides is 1. The van der Waals surface area contributed by atoms with Crippen molar-refractivity contribution in [2.24, 2.45) is 10.7 Å². The fourth-order valence-corrected chi connectivity index (χ4v) is 6.55. The molecule has 1 aromatic rings. The minimum atomic E-state index is -3.89. The van der Waals surface area contributed by atoms with Gasteiger partial charge in [-0.25, -0.2) is 17.2 Å². The molecule has 1 aromatic carbocycles. The quantitative estimate of drug-likeness (QED) is 0.839. The third-order valence-corrected chi connectivity index (χ3v) is 8.41. The molecule has 1 fully saturated rings. The predicted molar refractivity (Wildman–Crippen MR) is 83.7 cm³/mol. The molecule has 22 heavy (non-hydrogen) atoms. The summed E-state index contributed by atoms with van der Waals surface area (Å²) in [5.41, 5.74) is 4.63. The van der Waals surface area contributed by atoms with Crippen molar-refractivity contribution >= 4 is 31.6 Å². The Bertz CT molecular complexity index is 783. The number of hydrogen-bond donors (Lipinski definition) is 1. The van der Waals surface area contributed by atoms with Crippen LogP contribution in [-0.4, -0.2) is 30.9 Å². The van der Waals surface area contributed by atoms with Crippen LogP contribution in [0, 0.1) is 5.82 Å². The molecule has 2 aliphatic rings. The van der Waals surface area contributed by atoms with Crippen molar-refractivity contribution in [3.63, 3.8) is 0 Å². The largest absolute Gasteiger partial charge is 0.386 e. The summed E-state index contributed by atoms with van der Waals surface area (Å²) < 4.78 is 52.2. The van der Waals surface area contributed by atoms with Gasteiger partial charge < -0.3 is 5.73 Å². The van der Waals surface area contributed by atoms with Gasteiger partial charge in [0.05, 0.1) is 5.25 Å². The maximum Gasteiger partial charge on any atom is 0.171 e. The van der Waals surface area contributed by atoms with E-state index in [0.29, 0.717) is 4.47 Å². The summed E-state index contributed by atoms with van der Waals surface area (Å²) in [6, 6.07) is 4.27. The van der Waals surface area contributed by atoms with Crippen LogP contribution in [-0.2, 0) is 15.4 Å². The summed E-state index contributed by atoms with van der Waals surface area (Å²) in [5, 5.41) is -0.980. The second-order valence-electron chi connectivity index (χ2n) is 5.97. The average molecular weight is 393 g/mol. The number of rotatable bonds is 2. The van der Waals surface area contributed by atoms with Crippen LogP contribution in [0.3, 0.4) is 0 Å². The number of hydrogen-bond acceptors (Lipinski definition) is 4. The second-order valence-corrected chi connectivity index (χ2v) is 9.33. The van der Waals surface area contributed by atoms with Crippen molar-refractivity contribution in [1.29, 1.82) is 0 Å². The van der Waals surface area contributed by atoms with E-state index >= 15 is 0 Å². The van der Waals surface area contributed by atoms with Crippen LogP contribution in [0.1, 0.15) is 25.3 Å². The molecule has 0 radical (unpaired) electrons. The Morgan fingerprint density at radius 2 is 2.18 bits per heavy atom. The van der Waals surface area contributed by atoms with E-state index in [2.05, 4.69) is 20.9 Å². The van der Waals surface area contributed by atoms with Gasteiger partial charge in [0.2, 0.25) is 0 Å². The van der Waals surface area contributed by atoms with E-state index in [1.807, 2.05) is 0 Å². The summed E-state index contributed by atoms with van der Waals surface area (Å²) in [6.45, 7) is 0.443. The van der Waals surface area contributed by atoms with Gasteiger partial charge in [-0.15, -0.1) is 0 Å². The third-order valence-electron chi connectivity index (χ3n) is 4.87. The maximum absolute atomic E-state index is 14.3. The maximum atomic E-state index is 14.3. The highest BCUT2D eigenvalue weighted by atomic mass is 79.9. The zero-order valence-corrected chi connectivity index (χ0v) is 14.2. The molecule has 0 saturated carbocycles. The molecule has 0 unspecified atom stereocenters. The molecule has 120 valence electrons. The van der Waals surface area contributed by atoms with Gasteiger partial charge in [0.25, 0.3) is 0 Å². The van der Waals surface area contributed by atoms with Crippen molar-refractivity contribution in [2.45, 2.75) is 35.3 Å². The van der Waals surface area contributed by atoms with Crippen molar-refractivity contribution in [3.05, 3.63) is 34.1 Å². The fourth-order valence-electron chi connectivity index (χ4n) is 3.55. The summed E-state index contributed by atoms with van der Waals surface area (Å²) >= 11 is 3.25. The first kappa shape index (κ1) is 15.9. The molecule has 0 spiro atoms. The number of fused-ring (bicyclic) bond motifs is 2. The van der Waals surface area contributed by atoms with Crippen LogP contribution in [0.4, 0.5) is 8.78 Å². The Balaban J connectivity index is 2.30. The van der Waals surface area contributed by atoms with Gasteiger partial charge in [-0.2, -0.15) is 0 Å². The van der Waals surface area contributed by atoms with E-state index in [0.717, 1.165) is 0 Å². The molecule has 8 heteroatoms. The number of nitrogens with two attached hydrogens (primary N) is 1. The van der Waals surface area contributed by atoms with Crippen molar-refractivity contribution in [1.82, 2.24) is 0 Å². The van der Waals surface area contributed by atoms with Gasteiger partial charge >= 0.3 is 0 Å². The highest BCUT2D eigenvalue weighted by Crippen LogP contribution is 2.51. The van der Waals surface area contributed by atoms with E-state index < -0.39 is 37.9 Å². The summed E-state index contributed by atoms with van der Waals surface area (Å²) in [7, 11) is -3.89. The second kappa shape index (κ2) is 4.74. The Morgan fingerprint density at radius 1 is 1.50 bits per heavy atom. The normalized spacial score (nSPS) is 36.2. The molecule has 3 rings (SSSR count). The predicted octanol–water partition coefficient (Wildman–Crippen LogP) is 2.46. The first-order valence-corrected chi connectivity index (χ1v) is 9.14. The molecular weight excluding hydrogens is 378 g/mol. The number of halogens is 3. The molecule has 2 heterocycles. The summed E-state index contributed by atoms with van der Waals surface area (Å²) in [6.07, 6.45) is 0.288. The Morgan fingerprint density at radius 3 is 2.82 bits per heavy atom.